The van der Waals surface area contributed by atoms with Gasteiger partial charge in [-0.25, -0.2) is 0 Å². The molecule has 0 aliphatic carbocycles. The number of hydrogen-bond donors (Lipinski definition) is 0. The molecule has 18 heavy (non-hydrogen) atoms. The van der Waals surface area contributed by atoms with E-state index in [0.717, 1.165) is 11.4 Å². The largest absolute Gasteiger partial charge is 0.494 e. The zero-order valence-corrected chi connectivity index (χ0v) is 10.5. The van der Waals surface area contributed by atoms with Gasteiger partial charge in [0.05, 0.1) is 6.61 Å². The van der Waals surface area contributed by atoms with E-state index in [4.69, 9.17) is 4.74 Å². The number of carbonyl (C=O) groups excluding carboxylic acids is 1. The highest BCUT2D eigenvalue weighted by Gasteiger charge is 2.09. The Hall–Kier alpha value is -2.16. The summed E-state index contributed by atoms with van der Waals surface area (Å²) in [5.74, 6) is 0.781. The lowest BCUT2D eigenvalue weighted by molar-refractivity contribution is 0.103. The number of aromatic nitrogens is 1. The summed E-state index contributed by atoms with van der Waals surface area (Å²) in [6.45, 7) is 4.42. The number of ether oxygens (including phenoxy) is 1. The molecule has 0 aliphatic heterocycles. The van der Waals surface area contributed by atoms with E-state index in [1.165, 1.54) is 0 Å². The van der Waals surface area contributed by atoms with E-state index in [-0.39, 0.29) is 5.78 Å². The molecule has 0 N–H and O–H groups in total. The number of hydrogen-bond acceptors (Lipinski definition) is 3. The molecule has 0 radical (unpaired) electrons. The van der Waals surface area contributed by atoms with Crippen molar-refractivity contribution in [2.24, 2.45) is 0 Å². The molecule has 0 bridgehead atoms. The molecule has 1 aromatic heterocycles. The third-order valence-electron chi connectivity index (χ3n) is 2.59. The van der Waals surface area contributed by atoms with E-state index in [9.17, 15) is 4.79 Å². The second kappa shape index (κ2) is 5.45. The minimum absolute atomic E-state index is 0.00329. The fourth-order valence-corrected chi connectivity index (χ4v) is 1.72. The van der Waals surface area contributed by atoms with Crippen LogP contribution in [0.5, 0.6) is 5.75 Å². The summed E-state index contributed by atoms with van der Waals surface area (Å²) in [7, 11) is 0. The van der Waals surface area contributed by atoms with Gasteiger partial charge in [-0.3, -0.25) is 9.78 Å². The minimum atomic E-state index is 0.00329. The first-order valence-electron chi connectivity index (χ1n) is 5.91. The molecule has 0 unspecified atom stereocenters. The smallest absolute Gasteiger partial charge is 0.193 e. The van der Waals surface area contributed by atoms with Crippen LogP contribution >= 0.6 is 0 Å². The Bertz CT molecular complexity index is 547. The van der Waals surface area contributed by atoms with Gasteiger partial charge in [0.25, 0.3) is 0 Å². The molecule has 3 nitrogen and oxygen atoms in total. The van der Waals surface area contributed by atoms with E-state index < -0.39 is 0 Å². The van der Waals surface area contributed by atoms with Crippen LogP contribution < -0.4 is 4.74 Å². The molecule has 0 saturated carbocycles. The van der Waals surface area contributed by atoms with Gasteiger partial charge in [0.2, 0.25) is 0 Å². The number of aryl methyl sites for hydroxylation is 1. The SMILES string of the molecule is CCOc1ccc(C(=O)c2ccnc(C)c2)cc1. The molecular formula is C15H15NO2. The van der Waals surface area contributed by atoms with Crippen LogP contribution in [0.4, 0.5) is 0 Å². The number of carbonyl (C=O) groups is 1. The van der Waals surface area contributed by atoms with Gasteiger partial charge < -0.3 is 4.74 Å². The van der Waals surface area contributed by atoms with Crippen LogP contribution in [0.15, 0.2) is 42.6 Å². The van der Waals surface area contributed by atoms with E-state index in [1.54, 1.807) is 30.5 Å². The summed E-state index contributed by atoms with van der Waals surface area (Å²) >= 11 is 0. The molecule has 92 valence electrons. The Morgan fingerprint density at radius 1 is 1.17 bits per heavy atom. The quantitative estimate of drug-likeness (QED) is 0.772. The van der Waals surface area contributed by atoms with Crippen LogP contribution in [-0.4, -0.2) is 17.4 Å². The van der Waals surface area contributed by atoms with Crippen molar-refractivity contribution in [2.45, 2.75) is 13.8 Å². The first-order chi connectivity index (χ1) is 8.70. The van der Waals surface area contributed by atoms with E-state index in [2.05, 4.69) is 4.98 Å². The van der Waals surface area contributed by atoms with Crippen molar-refractivity contribution < 1.29 is 9.53 Å². The van der Waals surface area contributed by atoms with Gasteiger partial charge in [0.1, 0.15) is 5.75 Å². The molecule has 0 saturated heterocycles. The van der Waals surface area contributed by atoms with Gasteiger partial charge in [-0.15, -0.1) is 0 Å². The van der Waals surface area contributed by atoms with Crippen molar-refractivity contribution in [1.82, 2.24) is 4.98 Å². The molecule has 0 spiro atoms. The number of nitrogens with zero attached hydrogens (tertiary/aromatic N) is 1. The number of ketones is 1. The number of pyridine rings is 1. The van der Waals surface area contributed by atoms with Crippen LogP contribution in [0.3, 0.4) is 0 Å². The highest BCUT2D eigenvalue weighted by Crippen LogP contribution is 2.15. The second-order valence-electron chi connectivity index (χ2n) is 3.97. The monoisotopic (exact) mass is 241 g/mol. The van der Waals surface area contributed by atoms with Crippen LogP contribution in [0.25, 0.3) is 0 Å². The van der Waals surface area contributed by atoms with Crippen molar-refractivity contribution in [2.75, 3.05) is 6.61 Å². The lowest BCUT2D eigenvalue weighted by Gasteiger charge is -2.05. The topological polar surface area (TPSA) is 39.2 Å². The van der Waals surface area contributed by atoms with Crippen molar-refractivity contribution in [3.8, 4) is 5.75 Å². The minimum Gasteiger partial charge on any atom is -0.494 e. The van der Waals surface area contributed by atoms with Crippen molar-refractivity contribution in [3.05, 3.63) is 59.4 Å². The van der Waals surface area contributed by atoms with Crippen LogP contribution in [0, 0.1) is 6.92 Å². The molecule has 2 aromatic rings. The van der Waals surface area contributed by atoms with Crippen LogP contribution in [0.1, 0.15) is 28.5 Å². The zero-order valence-electron chi connectivity index (χ0n) is 10.5. The molecule has 1 aromatic carbocycles. The number of rotatable bonds is 4. The van der Waals surface area contributed by atoms with Gasteiger partial charge in [-0.1, -0.05) is 0 Å². The lowest BCUT2D eigenvalue weighted by atomic mass is 10.0. The summed E-state index contributed by atoms with van der Waals surface area (Å²) in [5, 5.41) is 0. The van der Waals surface area contributed by atoms with Crippen molar-refractivity contribution in [1.29, 1.82) is 0 Å². The predicted octanol–water partition coefficient (Wildman–Crippen LogP) is 3.02. The Labute approximate surface area is 106 Å². The third-order valence-corrected chi connectivity index (χ3v) is 2.59. The molecular weight excluding hydrogens is 226 g/mol. The summed E-state index contributed by atoms with van der Waals surface area (Å²) in [5.41, 5.74) is 2.16. The second-order valence-corrected chi connectivity index (χ2v) is 3.97. The standard InChI is InChI=1S/C15H15NO2/c1-3-18-14-6-4-12(5-7-14)15(17)13-8-9-16-11(2)10-13/h4-10H,3H2,1-2H3. The zero-order chi connectivity index (χ0) is 13.0. The molecule has 0 aliphatic rings. The van der Waals surface area contributed by atoms with E-state index >= 15 is 0 Å². The third kappa shape index (κ3) is 2.74. The van der Waals surface area contributed by atoms with Crippen molar-refractivity contribution in [3.63, 3.8) is 0 Å². The maximum Gasteiger partial charge on any atom is 0.193 e. The van der Waals surface area contributed by atoms with E-state index in [1.807, 2.05) is 26.0 Å². The fraction of sp³-hybridized carbons (Fsp3) is 0.200. The van der Waals surface area contributed by atoms with Gasteiger partial charge >= 0.3 is 0 Å². The molecule has 0 atom stereocenters. The first kappa shape index (κ1) is 12.3. The maximum atomic E-state index is 12.2. The van der Waals surface area contributed by atoms with Gasteiger partial charge in [-0.05, 0) is 50.2 Å². The first-order valence-corrected chi connectivity index (χ1v) is 5.91. The van der Waals surface area contributed by atoms with Gasteiger partial charge in [-0.2, -0.15) is 0 Å². The predicted molar refractivity (Wildman–Crippen MR) is 70.0 cm³/mol. The van der Waals surface area contributed by atoms with Crippen LogP contribution in [-0.2, 0) is 0 Å². The Kier molecular flexibility index (Phi) is 3.72. The average molecular weight is 241 g/mol. The highest BCUT2D eigenvalue weighted by atomic mass is 16.5. The molecule has 0 fully saturated rings. The van der Waals surface area contributed by atoms with Crippen molar-refractivity contribution >= 4 is 5.78 Å². The summed E-state index contributed by atoms with van der Waals surface area (Å²) in [6.07, 6.45) is 1.65. The summed E-state index contributed by atoms with van der Waals surface area (Å²) in [4.78, 5) is 16.3. The van der Waals surface area contributed by atoms with Gasteiger partial charge in [0, 0.05) is 23.0 Å². The Morgan fingerprint density at radius 2 is 1.89 bits per heavy atom. The van der Waals surface area contributed by atoms with Gasteiger partial charge in [0.15, 0.2) is 5.78 Å². The highest BCUT2D eigenvalue weighted by molar-refractivity contribution is 6.09. The number of benzene rings is 1. The molecule has 3 heteroatoms. The van der Waals surface area contributed by atoms with E-state index in [0.29, 0.717) is 17.7 Å². The lowest BCUT2D eigenvalue weighted by Crippen LogP contribution is -2.02. The Morgan fingerprint density at radius 3 is 2.50 bits per heavy atom. The fourth-order valence-electron chi connectivity index (χ4n) is 1.72. The average Bonchev–Trinajstić information content (AvgIpc) is 2.39. The molecule has 2 rings (SSSR count). The Balaban J connectivity index is 2.23. The molecule has 1 heterocycles. The summed E-state index contributed by atoms with van der Waals surface area (Å²) in [6, 6.07) is 10.7. The maximum absolute atomic E-state index is 12.2. The van der Waals surface area contributed by atoms with Crippen LogP contribution in [0.2, 0.25) is 0 Å². The molecule has 0 amide bonds. The normalized spacial score (nSPS) is 10.1. The summed E-state index contributed by atoms with van der Waals surface area (Å²) < 4.78 is 5.34.